The predicted molar refractivity (Wildman–Crippen MR) is 98.3 cm³/mol. The lowest BCUT2D eigenvalue weighted by Crippen LogP contribution is -2.27. The molecule has 136 valence electrons. The van der Waals surface area contributed by atoms with Crippen LogP contribution in [0.15, 0.2) is 70.5 Å². The second-order valence-electron chi connectivity index (χ2n) is 5.98. The molecule has 0 fully saturated rings. The van der Waals surface area contributed by atoms with Gasteiger partial charge in [-0.15, -0.1) is 0 Å². The molecule has 4 aromatic rings. The quantitative estimate of drug-likeness (QED) is 0.564. The van der Waals surface area contributed by atoms with E-state index in [0.29, 0.717) is 23.3 Å². The van der Waals surface area contributed by atoms with Gasteiger partial charge in [0.15, 0.2) is 5.65 Å². The minimum Gasteiger partial charge on any atom is -0.467 e. The van der Waals surface area contributed by atoms with Gasteiger partial charge in [0.2, 0.25) is 5.91 Å². The van der Waals surface area contributed by atoms with Crippen molar-refractivity contribution in [2.45, 2.75) is 19.5 Å². The number of rotatable bonds is 6. The van der Waals surface area contributed by atoms with E-state index in [2.05, 4.69) is 15.4 Å². The first-order valence-electron chi connectivity index (χ1n) is 8.50. The zero-order chi connectivity index (χ0) is 18.6. The summed E-state index contributed by atoms with van der Waals surface area (Å²) < 4.78 is 8.21. The highest BCUT2D eigenvalue weighted by atomic mass is 16.3. The SMILES string of the molecule is O=C(CCn1cnc2c(cnn2-c2ccccc2)c1=O)NCc1ccco1. The summed E-state index contributed by atoms with van der Waals surface area (Å²) in [4.78, 5) is 29.0. The van der Waals surface area contributed by atoms with Gasteiger partial charge in [-0.2, -0.15) is 5.10 Å². The van der Waals surface area contributed by atoms with Crippen molar-refractivity contribution >= 4 is 16.9 Å². The van der Waals surface area contributed by atoms with Crippen molar-refractivity contribution in [2.24, 2.45) is 0 Å². The Bertz CT molecular complexity index is 1110. The van der Waals surface area contributed by atoms with Gasteiger partial charge in [-0.05, 0) is 24.3 Å². The number of hydrogen-bond acceptors (Lipinski definition) is 5. The van der Waals surface area contributed by atoms with Crippen molar-refractivity contribution in [1.82, 2.24) is 24.6 Å². The van der Waals surface area contributed by atoms with Crippen LogP contribution in [0.5, 0.6) is 0 Å². The zero-order valence-electron chi connectivity index (χ0n) is 14.4. The molecule has 0 aliphatic heterocycles. The number of furan rings is 1. The molecule has 4 rings (SSSR count). The third kappa shape index (κ3) is 3.50. The number of carbonyl (C=O) groups is 1. The molecule has 0 radical (unpaired) electrons. The fraction of sp³-hybridized carbons (Fsp3) is 0.158. The molecule has 3 heterocycles. The van der Waals surface area contributed by atoms with Gasteiger partial charge in [-0.25, -0.2) is 9.67 Å². The highest BCUT2D eigenvalue weighted by molar-refractivity contribution is 5.76. The molecule has 0 atom stereocenters. The van der Waals surface area contributed by atoms with E-state index in [1.165, 1.54) is 17.1 Å². The maximum Gasteiger partial charge on any atom is 0.264 e. The fourth-order valence-electron chi connectivity index (χ4n) is 2.78. The molecular formula is C19H17N5O3. The van der Waals surface area contributed by atoms with E-state index in [1.54, 1.807) is 23.1 Å². The smallest absolute Gasteiger partial charge is 0.264 e. The van der Waals surface area contributed by atoms with E-state index in [4.69, 9.17) is 4.42 Å². The van der Waals surface area contributed by atoms with Gasteiger partial charge in [-0.3, -0.25) is 14.2 Å². The highest BCUT2D eigenvalue weighted by Crippen LogP contribution is 2.13. The average Bonchev–Trinajstić information content (AvgIpc) is 3.36. The standard InChI is InChI=1S/C19H17N5O3/c25-17(20-11-15-7-4-10-27-15)8-9-23-13-21-18-16(19(23)26)12-22-24(18)14-5-2-1-3-6-14/h1-7,10,12-13H,8-9,11H2,(H,20,25). The van der Waals surface area contributed by atoms with Crippen LogP contribution in [-0.2, 0) is 17.9 Å². The number of para-hydroxylation sites is 1. The van der Waals surface area contributed by atoms with Crippen LogP contribution in [0.4, 0.5) is 0 Å². The summed E-state index contributed by atoms with van der Waals surface area (Å²) >= 11 is 0. The topological polar surface area (TPSA) is 95.0 Å². The first kappa shape index (κ1) is 16.8. The van der Waals surface area contributed by atoms with Gasteiger partial charge in [-0.1, -0.05) is 18.2 Å². The maximum atomic E-state index is 12.7. The number of aryl methyl sites for hydroxylation is 1. The van der Waals surface area contributed by atoms with Gasteiger partial charge in [0, 0.05) is 13.0 Å². The molecule has 8 heteroatoms. The van der Waals surface area contributed by atoms with Crippen molar-refractivity contribution in [1.29, 1.82) is 0 Å². The maximum absolute atomic E-state index is 12.7. The monoisotopic (exact) mass is 363 g/mol. The molecule has 0 spiro atoms. The van der Waals surface area contributed by atoms with Crippen molar-refractivity contribution in [3.05, 3.63) is 77.4 Å². The van der Waals surface area contributed by atoms with E-state index < -0.39 is 0 Å². The van der Waals surface area contributed by atoms with E-state index in [9.17, 15) is 9.59 Å². The highest BCUT2D eigenvalue weighted by Gasteiger charge is 2.12. The molecule has 0 aliphatic carbocycles. The minimum atomic E-state index is -0.221. The molecule has 3 aromatic heterocycles. The van der Waals surface area contributed by atoms with Crippen molar-refractivity contribution in [3.8, 4) is 5.69 Å². The summed E-state index contributed by atoms with van der Waals surface area (Å²) in [5.41, 5.74) is 1.10. The third-order valence-corrected chi connectivity index (χ3v) is 4.17. The summed E-state index contributed by atoms with van der Waals surface area (Å²) in [6.07, 6.45) is 4.68. The number of nitrogens with one attached hydrogen (secondary N) is 1. The number of aromatic nitrogens is 4. The number of benzene rings is 1. The van der Waals surface area contributed by atoms with Gasteiger partial charge in [0.1, 0.15) is 11.1 Å². The molecule has 0 unspecified atom stereocenters. The summed E-state index contributed by atoms with van der Waals surface area (Å²) in [7, 11) is 0. The van der Waals surface area contributed by atoms with Crippen molar-refractivity contribution in [2.75, 3.05) is 0 Å². The first-order chi connectivity index (χ1) is 13.2. The molecule has 0 saturated heterocycles. The molecule has 27 heavy (non-hydrogen) atoms. The van der Waals surface area contributed by atoms with Crippen LogP contribution in [0.25, 0.3) is 16.7 Å². The lowest BCUT2D eigenvalue weighted by Gasteiger charge is -2.07. The zero-order valence-corrected chi connectivity index (χ0v) is 14.4. The normalized spacial score (nSPS) is 11.0. The fourth-order valence-corrected chi connectivity index (χ4v) is 2.78. The molecule has 1 aromatic carbocycles. The van der Waals surface area contributed by atoms with Crippen molar-refractivity contribution < 1.29 is 9.21 Å². The Kier molecular flexibility index (Phi) is 4.52. The lowest BCUT2D eigenvalue weighted by molar-refractivity contribution is -0.121. The molecule has 8 nitrogen and oxygen atoms in total. The molecule has 0 saturated carbocycles. The Balaban J connectivity index is 1.48. The Morgan fingerprint density at radius 3 is 2.78 bits per heavy atom. The van der Waals surface area contributed by atoms with Crippen LogP contribution in [0.1, 0.15) is 12.2 Å². The number of nitrogens with zero attached hydrogens (tertiary/aromatic N) is 4. The number of hydrogen-bond donors (Lipinski definition) is 1. The van der Waals surface area contributed by atoms with E-state index >= 15 is 0 Å². The van der Waals surface area contributed by atoms with Crippen LogP contribution in [-0.4, -0.2) is 25.2 Å². The van der Waals surface area contributed by atoms with E-state index in [1.807, 2.05) is 30.3 Å². The Morgan fingerprint density at radius 2 is 2.00 bits per heavy atom. The van der Waals surface area contributed by atoms with Crippen LogP contribution in [0.3, 0.4) is 0 Å². The minimum absolute atomic E-state index is 0.167. The molecule has 1 N–H and O–H groups in total. The lowest BCUT2D eigenvalue weighted by atomic mass is 10.3. The average molecular weight is 363 g/mol. The molecule has 1 amide bonds. The molecular weight excluding hydrogens is 346 g/mol. The van der Waals surface area contributed by atoms with Gasteiger partial charge in [0.05, 0.1) is 31.0 Å². The number of carbonyl (C=O) groups excluding carboxylic acids is 1. The first-order valence-corrected chi connectivity index (χ1v) is 8.50. The summed E-state index contributed by atoms with van der Waals surface area (Å²) in [6.45, 7) is 0.560. The Labute approximate surface area is 154 Å². The summed E-state index contributed by atoms with van der Waals surface area (Å²) in [5, 5.41) is 7.44. The second-order valence-corrected chi connectivity index (χ2v) is 5.98. The molecule has 0 bridgehead atoms. The van der Waals surface area contributed by atoms with E-state index in [0.717, 1.165) is 5.69 Å². The summed E-state index contributed by atoms with van der Waals surface area (Å²) in [6, 6.07) is 13.0. The molecule has 0 aliphatic rings. The van der Waals surface area contributed by atoms with Crippen LogP contribution < -0.4 is 10.9 Å². The van der Waals surface area contributed by atoms with Crippen LogP contribution >= 0.6 is 0 Å². The number of amides is 1. The van der Waals surface area contributed by atoms with Gasteiger partial charge in [0.25, 0.3) is 5.56 Å². The second kappa shape index (κ2) is 7.28. The predicted octanol–water partition coefficient (Wildman–Crippen LogP) is 1.88. The largest absolute Gasteiger partial charge is 0.467 e. The Morgan fingerprint density at radius 1 is 1.15 bits per heavy atom. The summed E-state index contributed by atoms with van der Waals surface area (Å²) in [5.74, 6) is 0.510. The van der Waals surface area contributed by atoms with Gasteiger partial charge >= 0.3 is 0 Å². The van der Waals surface area contributed by atoms with Crippen molar-refractivity contribution in [3.63, 3.8) is 0 Å². The van der Waals surface area contributed by atoms with Gasteiger partial charge < -0.3 is 9.73 Å². The Hall–Kier alpha value is -3.68. The van der Waals surface area contributed by atoms with E-state index in [-0.39, 0.29) is 24.4 Å². The third-order valence-electron chi connectivity index (χ3n) is 4.17. The van der Waals surface area contributed by atoms with Crippen LogP contribution in [0.2, 0.25) is 0 Å². The van der Waals surface area contributed by atoms with Crippen LogP contribution in [0, 0.1) is 0 Å². The number of fused-ring (bicyclic) bond motifs is 1.